The molecule has 1 saturated heterocycles. The van der Waals surface area contributed by atoms with Crippen LogP contribution in [0, 0.1) is 18.2 Å². The third-order valence-corrected chi connectivity index (χ3v) is 5.58. The van der Waals surface area contributed by atoms with E-state index in [2.05, 4.69) is 21.7 Å². The Bertz CT molecular complexity index is 1090. The second-order valence-corrected chi connectivity index (χ2v) is 7.62. The normalized spacial score (nSPS) is 18.0. The highest BCUT2D eigenvalue weighted by Gasteiger charge is 2.41. The van der Waals surface area contributed by atoms with Crippen LogP contribution in [-0.2, 0) is 22.7 Å². The van der Waals surface area contributed by atoms with Crippen LogP contribution in [0.1, 0.15) is 47.2 Å². The van der Waals surface area contributed by atoms with Crippen molar-refractivity contribution in [2.24, 2.45) is 0 Å². The maximum atomic E-state index is 14.4. The number of piperidine rings is 1. The van der Waals surface area contributed by atoms with Crippen molar-refractivity contribution in [2.45, 2.75) is 44.8 Å². The van der Waals surface area contributed by atoms with E-state index in [9.17, 15) is 18.8 Å². The van der Waals surface area contributed by atoms with Gasteiger partial charge in [0.2, 0.25) is 11.8 Å². The van der Waals surface area contributed by atoms with Crippen LogP contribution in [0.5, 0.6) is 0 Å². The molecule has 9 heteroatoms. The van der Waals surface area contributed by atoms with Crippen molar-refractivity contribution in [3.63, 3.8) is 0 Å². The molecule has 1 aromatic heterocycles. The molecule has 2 aliphatic heterocycles. The van der Waals surface area contributed by atoms with Crippen molar-refractivity contribution in [3.05, 3.63) is 47.0 Å². The van der Waals surface area contributed by atoms with E-state index in [0.29, 0.717) is 17.8 Å². The Labute approximate surface area is 178 Å². The first kappa shape index (κ1) is 20.6. The number of aryl methyl sites for hydroxylation is 1. The summed E-state index contributed by atoms with van der Waals surface area (Å²) >= 11 is 0. The van der Waals surface area contributed by atoms with Gasteiger partial charge >= 0.3 is 0 Å². The fourth-order valence-corrected chi connectivity index (χ4v) is 3.98. The number of hydrogen-bond donors (Lipinski definition) is 2. The maximum Gasteiger partial charge on any atom is 0.258 e. The second kappa shape index (κ2) is 8.60. The third-order valence-electron chi connectivity index (χ3n) is 5.58. The Morgan fingerprint density at radius 3 is 2.87 bits per heavy atom. The zero-order chi connectivity index (χ0) is 22.0. The molecule has 4 rings (SSSR count). The summed E-state index contributed by atoms with van der Waals surface area (Å²) in [4.78, 5) is 37.8. The topological polar surface area (TPSA) is 96.3 Å². The number of hydrogen-bond acceptors (Lipinski definition) is 5. The van der Waals surface area contributed by atoms with E-state index in [1.807, 2.05) is 6.20 Å². The Morgan fingerprint density at radius 2 is 2.13 bits per heavy atom. The predicted octanol–water partition coefficient (Wildman–Crippen LogP) is 1.66. The summed E-state index contributed by atoms with van der Waals surface area (Å²) in [6.45, 7) is 1.49. The highest BCUT2D eigenvalue weighted by Crippen LogP contribution is 2.34. The number of fused-ring (bicyclic) bond motifs is 1. The van der Waals surface area contributed by atoms with Crippen molar-refractivity contribution in [3.8, 4) is 12.3 Å². The number of carbonyl (C=O) groups excluding carboxylic acids is 3. The number of anilines is 1. The summed E-state index contributed by atoms with van der Waals surface area (Å²) < 4.78 is 16.2. The van der Waals surface area contributed by atoms with Gasteiger partial charge in [0, 0.05) is 43.5 Å². The maximum absolute atomic E-state index is 14.4. The summed E-state index contributed by atoms with van der Waals surface area (Å²) in [5.41, 5.74) is 1.95. The van der Waals surface area contributed by atoms with Gasteiger partial charge in [0.15, 0.2) is 0 Å². The molecule has 3 amide bonds. The first-order chi connectivity index (χ1) is 15.0. The van der Waals surface area contributed by atoms with Gasteiger partial charge in [0.05, 0.1) is 17.3 Å². The van der Waals surface area contributed by atoms with Crippen LogP contribution < -0.4 is 10.6 Å². The van der Waals surface area contributed by atoms with Crippen LogP contribution in [0.25, 0.3) is 0 Å². The number of aromatic nitrogens is 2. The lowest BCUT2D eigenvalue weighted by Crippen LogP contribution is -2.52. The van der Waals surface area contributed by atoms with Gasteiger partial charge < -0.3 is 10.2 Å². The SMILES string of the molecule is C#Cc1cnn(CCCCNc2ccc(F)c3c2CN(C2CCC(=O)NC2=O)C3=O)c1. The summed E-state index contributed by atoms with van der Waals surface area (Å²) in [5.74, 6) is 0.536. The highest BCUT2D eigenvalue weighted by molar-refractivity contribution is 6.06. The van der Waals surface area contributed by atoms with Crippen molar-refractivity contribution in [1.82, 2.24) is 20.0 Å². The Morgan fingerprint density at radius 1 is 1.29 bits per heavy atom. The number of carbonyl (C=O) groups is 3. The van der Waals surface area contributed by atoms with Gasteiger partial charge in [-0.15, -0.1) is 6.42 Å². The Kier molecular flexibility index (Phi) is 5.71. The molecule has 160 valence electrons. The number of nitrogens with zero attached hydrogens (tertiary/aromatic N) is 3. The molecule has 0 aliphatic carbocycles. The van der Waals surface area contributed by atoms with Gasteiger partial charge in [-0.05, 0) is 31.4 Å². The standard InChI is InChI=1S/C22H22FN5O3/c1-2-14-11-25-27(12-14)10-4-3-9-24-17-6-5-16(23)20-15(17)13-28(22(20)31)18-7-8-19(29)26-21(18)30/h1,5-6,11-12,18,24H,3-4,7-10,13H2,(H,26,29,30). The molecule has 31 heavy (non-hydrogen) atoms. The van der Waals surface area contributed by atoms with E-state index in [4.69, 9.17) is 6.42 Å². The number of amides is 3. The Hall–Kier alpha value is -3.67. The van der Waals surface area contributed by atoms with Crippen LogP contribution >= 0.6 is 0 Å². The number of rotatable bonds is 7. The molecule has 0 bridgehead atoms. The van der Waals surface area contributed by atoms with Crippen LogP contribution in [0.4, 0.5) is 10.1 Å². The lowest BCUT2D eigenvalue weighted by molar-refractivity contribution is -0.136. The summed E-state index contributed by atoms with van der Waals surface area (Å²) in [6, 6.07) is 2.10. The van der Waals surface area contributed by atoms with E-state index in [0.717, 1.165) is 24.9 Å². The van der Waals surface area contributed by atoms with Gasteiger partial charge in [0.1, 0.15) is 11.9 Å². The highest BCUT2D eigenvalue weighted by atomic mass is 19.1. The fraction of sp³-hybridized carbons (Fsp3) is 0.364. The summed E-state index contributed by atoms with van der Waals surface area (Å²) in [7, 11) is 0. The van der Waals surface area contributed by atoms with E-state index in [-0.39, 0.29) is 30.9 Å². The van der Waals surface area contributed by atoms with E-state index in [1.165, 1.54) is 11.0 Å². The van der Waals surface area contributed by atoms with Crippen LogP contribution in [0.15, 0.2) is 24.5 Å². The molecule has 3 heterocycles. The molecular formula is C22H22FN5O3. The van der Waals surface area contributed by atoms with Crippen molar-refractivity contribution in [2.75, 3.05) is 11.9 Å². The van der Waals surface area contributed by atoms with Crippen molar-refractivity contribution < 1.29 is 18.8 Å². The molecule has 2 N–H and O–H groups in total. The smallest absolute Gasteiger partial charge is 0.258 e. The van der Waals surface area contributed by atoms with Gasteiger partial charge in [0.25, 0.3) is 5.91 Å². The van der Waals surface area contributed by atoms with Crippen LogP contribution in [0.2, 0.25) is 0 Å². The number of terminal acetylenes is 1. The average Bonchev–Trinajstić information content (AvgIpc) is 3.34. The molecule has 0 saturated carbocycles. The van der Waals surface area contributed by atoms with Crippen molar-refractivity contribution >= 4 is 23.4 Å². The molecular weight excluding hydrogens is 401 g/mol. The minimum atomic E-state index is -0.771. The van der Waals surface area contributed by atoms with Gasteiger partial charge in [-0.25, -0.2) is 4.39 Å². The molecule has 1 unspecified atom stereocenters. The van der Waals surface area contributed by atoms with Crippen LogP contribution in [0.3, 0.4) is 0 Å². The third kappa shape index (κ3) is 4.14. The largest absolute Gasteiger partial charge is 0.385 e. The number of benzene rings is 1. The van der Waals surface area contributed by atoms with E-state index < -0.39 is 23.7 Å². The average molecular weight is 423 g/mol. The van der Waals surface area contributed by atoms with E-state index >= 15 is 0 Å². The zero-order valence-corrected chi connectivity index (χ0v) is 16.9. The first-order valence-electron chi connectivity index (χ1n) is 10.2. The number of imide groups is 1. The molecule has 0 radical (unpaired) electrons. The number of halogens is 1. The number of nitrogens with one attached hydrogen (secondary N) is 2. The Balaban J connectivity index is 1.38. The summed E-state index contributed by atoms with van der Waals surface area (Å²) in [6.07, 6.45) is 10.9. The van der Waals surface area contributed by atoms with Gasteiger partial charge in [-0.1, -0.05) is 5.92 Å². The lowest BCUT2D eigenvalue weighted by Gasteiger charge is -2.29. The monoisotopic (exact) mass is 423 g/mol. The molecule has 1 atom stereocenters. The molecule has 1 aromatic carbocycles. The van der Waals surface area contributed by atoms with E-state index in [1.54, 1.807) is 16.9 Å². The molecule has 2 aliphatic rings. The van der Waals surface area contributed by atoms with Gasteiger partial charge in [-0.3, -0.25) is 24.4 Å². The quantitative estimate of drug-likeness (QED) is 0.401. The van der Waals surface area contributed by atoms with Crippen molar-refractivity contribution in [1.29, 1.82) is 0 Å². The zero-order valence-electron chi connectivity index (χ0n) is 16.9. The molecule has 1 fully saturated rings. The van der Waals surface area contributed by atoms with Gasteiger partial charge in [-0.2, -0.15) is 5.10 Å². The minimum Gasteiger partial charge on any atom is -0.385 e. The molecule has 2 aromatic rings. The first-order valence-corrected chi connectivity index (χ1v) is 10.2. The molecule has 8 nitrogen and oxygen atoms in total. The molecule has 0 spiro atoms. The minimum absolute atomic E-state index is 0.00643. The summed E-state index contributed by atoms with van der Waals surface area (Å²) in [5, 5.41) is 9.71. The lowest BCUT2D eigenvalue weighted by atomic mass is 10.0. The second-order valence-electron chi connectivity index (χ2n) is 7.62. The predicted molar refractivity (Wildman–Crippen MR) is 110 cm³/mol. The fourth-order valence-electron chi connectivity index (χ4n) is 3.98. The number of unbranched alkanes of at least 4 members (excludes halogenated alkanes) is 1. The van der Waals surface area contributed by atoms with Crippen LogP contribution in [-0.4, -0.2) is 45.0 Å².